The highest BCUT2D eigenvalue weighted by Gasteiger charge is 1.98. The molecule has 0 amide bonds. The molecule has 0 spiro atoms. The van der Waals surface area contributed by atoms with Gasteiger partial charge in [0.25, 0.3) is 0 Å². The van der Waals surface area contributed by atoms with Gasteiger partial charge in [0.1, 0.15) is 5.75 Å². The fraction of sp³-hybridized carbons (Fsp3) is 0.308. The van der Waals surface area contributed by atoms with Gasteiger partial charge >= 0.3 is 0 Å². The number of aryl methyl sites for hydroxylation is 1. The van der Waals surface area contributed by atoms with Crippen molar-refractivity contribution in [3.05, 3.63) is 41.8 Å². The number of hydrogen-bond acceptors (Lipinski definition) is 3. The van der Waals surface area contributed by atoms with Crippen LogP contribution in [0.1, 0.15) is 25.0 Å². The zero-order valence-electron chi connectivity index (χ0n) is 10.3. The molecule has 0 bridgehead atoms. The predicted molar refractivity (Wildman–Crippen MR) is 68.4 cm³/mol. The Labute approximate surface area is 97.1 Å². The summed E-state index contributed by atoms with van der Waals surface area (Å²) >= 11 is 0. The lowest BCUT2D eigenvalue weighted by molar-refractivity contribution is 0.414. The third kappa shape index (κ3) is 4.64. The Balaban J connectivity index is 0.00000106. The van der Waals surface area contributed by atoms with E-state index in [4.69, 9.17) is 9.84 Å². The largest absolute Gasteiger partial charge is 0.514 e. The summed E-state index contributed by atoms with van der Waals surface area (Å²) in [7, 11) is 1.62. The van der Waals surface area contributed by atoms with E-state index in [9.17, 15) is 0 Å². The number of ether oxygens (including phenoxy) is 1. The second-order valence-corrected chi connectivity index (χ2v) is 2.82. The first kappa shape index (κ1) is 14.2. The summed E-state index contributed by atoms with van der Waals surface area (Å²) in [5.41, 5.74) is 2.02. The molecule has 1 aromatic rings. The van der Waals surface area contributed by atoms with E-state index in [1.807, 2.05) is 39.0 Å². The van der Waals surface area contributed by atoms with E-state index in [-0.39, 0.29) is 0 Å². The Morgan fingerprint density at radius 2 is 2.00 bits per heavy atom. The second-order valence-electron chi connectivity index (χ2n) is 2.82. The molecule has 3 heteroatoms. The number of aliphatic hydroxyl groups is 1. The number of nitrogens with zero attached hydrogens (tertiary/aromatic N) is 1. The molecule has 0 aliphatic heterocycles. The van der Waals surface area contributed by atoms with Gasteiger partial charge in [0.2, 0.25) is 0 Å². The first-order valence-electron chi connectivity index (χ1n) is 5.25. The van der Waals surface area contributed by atoms with Gasteiger partial charge in [-0.3, -0.25) is 4.99 Å². The second kappa shape index (κ2) is 8.53. The summed E-state index contributed by atoms with van der Waals surface area (Å²) in [6.45, 7) is 6.00. The van der Waals surface area contributed by atoms with Crippen LogP contribution in [0.3, 0.4) is 0 Å². The monoisotopic (exact) mass is 221 g/mol. The molecule has 1 rings (SSSR count). The minimum Gasteiger partial charge on any atom is -0.514 e. The van der Waals surface area contributed by atoms with Crippen LogP contribution in [0.5, 0.6) is 5.75 Å². The third-order valence-corrected chi connectivity index (χ3v) is 1.76. The summed E-state index contributed by atoms with van der Waals surface area (Å²) in [6, 6.07) is 5.83. The van der Waals surface area contributed by atoms with Crippen LogP contribution in [0.25, 0.3) is 0 Å². The summed E-state index contributed by atoms with van der Waals surface area (Å²) in [4.78, 5) is 3.86. The van der Waals surface area contributed by atoms with Crippen molar-refractivity contribution in [1.82, 2.24) is 0 Å². The van der Waals surface area contributed by atoms with Crippen LogP contribution in [0.2, 0.25) is 0 Å². The van der Waals surface area contributed by atoms with Gasteiger partial charge in [0.05, 0.1) is 19.6 Å². The van der Waals surface area contributed by atoms with Crippen LogP contribution in [-0.2, 0) is 0 Å². The Hall–Kier alpha value is -1.77. The van der Waals surface area contributed by atoms with Gasteiger partial charge in [0, 0.05) is 11.8 Å². The van der Waals surface area contributed by atoms with Crippen molar-refractivity contribution in [2.24, 2.45) is 4.99 Å². The van der Waals surface area contributed by atoms with Gasteiger partial charge in [-0.05, 0) is 24.6 Å². The van der Waals surface area contributed by atoms with Crippen LogP contribution in [0, 0.1) is 6.92 Å². The molecule has 0 aromatic heterocycles. The van der Waals surface area contributed by atoms with Gasteiger partial charge < -0.3 is 9.84 Å². The number of rotatable bonds is 3. The zero-order valence-corrected chi connectivity index (χ0v) is 10.3. The SMILES string of the molecule is CC.COc1cc(C)ccc1C=N/C=C\O. The smallest absolute Gasteiger partial charge is 0.127 e. The predicted octanol–water partition coefficient (Wildman–Crippen LogP) is 3.48. The molecule has 0 fully saturated rings. The number of benzene rings is 1. The zero-order chi connectivity index (χ0) is 12.4. The highest BCUT2D eigenvalue weighted by molar-refractivity contribution is 5.84. The van der Waals surface area contributed by atoms with Gasteiger partial charge in [-0.2, -0.15) is 0 Å². The molecule has 0 saturated heterocycles. The van der Waals surface area contributed by atoms with E-state index in [2.05, 4.69) is 4.99 Å². The summed E-state index contributed by atoms with van der Waals surface area (Å²) in [6.07, 6.45) is 3.82. The number of aliphatic hydroxyl groups excluding tert-OH is 1. The topological polar surface area (TPSA) is 41.8 Å². The quantitative estimate of drug-likeness (QED) is 0.627. The Morgan fingerprint density at radius 3 is 2.56 bits per heavy atom. The van der Waals surface area contributed by atoms with Gasteiger partial charge in [-0.1, -0.05) is 19.9 Å². The highest BCUT2D eigenvalue weighted by Crippen LogP contribution is 2.17. The molecule has 16 heavy (non-hydrogen) atoms. The molecule has 0 aliphatic carbocycles. The molecule has 88 valence electrons. The molecule has 3 nitrogen and oxygen atoms in total. The Kier molecular flexibility index (Phi) is 7.59. The summed E-state index contributed by atoms with van der Waals surface area (Å²) in [5.74, 6) is 0.778. The minimum atomic E-state index is 0.778. The molecule has 0 heterocycles. The van der Waals surface area contributed by atoms with E-state index < -0.39 is 0 Å². The Bertz CT molecular complexity index is 357. The van der Waals surface area contributed by atoms with E-state index in [0.717, 1.165) is 23.1 Å². The van der Waals surface area contributed by atoms with Crippen LogP contribution < -0.4 is 4.74 Å². The molecule has 0 unspecified atom stereocenters. The highest BCUT2D eigenvalue weighted by atomic mass is 16.5. The molecule has 0 atom stereocenters. The summed E-state index contributed by atoms with van der Waals surface area (Å²) < 4.78 is 5.18. The number of hydrogen-bond donors (Lipinski definition) is 1. The van der Waals surface area contributed by atoms with E-state index in [0.29, 0.717) is 0 Å². The van der Waals surface area contributed by atoms with Crippen molar-refractivity contribution in [2.75, 3.05) is 7.11 Å². The van der Waals surface area contributed by atoms with Crippen molar-refractivity contribution in [1.29, 1.82) is 0 Å². The maximum atomic E-state index is 8.39. The average Bonchev–Trinajstić information content (AvgIpc) is 2.33. The van der Waals surface area contributed by atoms with Crippen molar-refractivity contribution in [3.8, 4) is 5.75 Å². The van der Waals surface area contributed by atoms with E-state index >= 15 is 0 Å². The average molecular weight is 221 g/mol. The molecule has 0 radical (unpaired) electrons. The molecular weight excluding hydrogens is 202 g/mol. The van der Waals surface area contributed by atoms with Crippen LogP contribution in [-0.4, -0.2) is 18.4 Å². The molecule has 0 saturated carbocycles. The van der Waals surface area contributed by atoms with E-state index in [1.54, 1.807) is 13.3 Å². The van der Waals surface area contributed by atoms with Crippen LogP contribution in [0.15, 0.2) is 35.7 Å². The fourth-order valence-electron chi connectivity index (χ4n) is 1.09. The maximum absolute atomic E-state index is 8.39. The molecule has 1 aromatic carbocycles. The normalized spacial score (nSPS) is 10.2. The van der Waals surface area contributed by atoms with Gasteiger partial charge in [0.15, 0.2) is 0 Å². The Morgan fingerprint density at radius 1 is 1.31 bits per heavy atom. The van der Waals surface area contributed by atoms with Crippen molar-refractivity contribution >= 4 is 6.21 Å². The van der Waals surface area contributed by atoms with Crippen molar-refractivity contribution in [2.45, 2.75) is 20.8 Å². The van der Waals surface area contributed by atoms with Gasteiger partial charge in [-0.15, -0.1) is 0 Å². The standard InChI is InChI=1S/C11H13NO2.C2H6/c1-9-3-4-10(8-12-5-6-13)11(7-9)14-2;1-2/h3-8,13H,1-2H3;1-2H3/b6-5-,12-8?;. The van der Waals surface area contributed by atoms with Crippen LogP contribution >= 0.6 is 0 Å². The molecule has 0 aliphatic rings. The number of aliphatic imine (C=N–C) groups is 1. The maximum Gasteiger partial charge on any atom is 0.127 e. The molecular formula is C13H19NO2. The lowest BCUT2D eigenvalue weighted by Crippen LogP contribution is -1.91. The lowest BCUT2D eigenvalue weighted by Gasteiger charge is -2.04. The van der Waals surface area contributed by atoms with Crippen molar-refractivity contribution < 1.29 is 9.84 Å². The van der Waals surface area contributed by atoms with Crippen LogP contribution in [0.4, 0.5) is 0 Å². The van der Waals surface area contributed by atoms with E-state index in [1.165, 1.54) is 6.20 Å². The lowest BCUT2D eigenvalue weighted by atomic mass is 10.1. The summed E-state index contributed by atoms with van der Waals surface area (Å²) in [5, 5.41) is 8.39. The fourth-order valence-corrected chi connectivity index (χ4v) is 1.09. The first-order chi connectivity index (χ1) is 7.77. The first-order valence-corrected chi connectivity index (χ1v) is 5.25. The van der Waals surface area contributed by atoms with Gasteiger partial charge in [-0.25, -0.2) is 0 Å². The van der Waals surface area contributed by atoms with Crippen molar-refractivity contribution in [3.63, 3.8) is 0 Å². The minimum absolute atomic E-state index is 0.778. The third-order valence-electron chi connectivity index (χ3n) is 1.76. The molecule has 1 N–H and O–H groups in total. The number of methoxy groups -OCH3 is 1.